The van der Waals surface area contributed by atoms with Gasteiger partial charge < -0.3 is 15.0 Å². The Kier molecular flexibility index (Phi) is 4.33. The van der Waals surface area contributed by atoms with Crippen LogP contribution in [-0.2, 0) is 6.42 Å². The van der Waals surface area contributed by atoms with Crippen LogP contribution >= 0.6 is 0 Å². The van der Waals surface area contributed by atoms with Crippen molar-refractivity contribution in [2.24, 2.45) is 11.7 Å². The molecule has 2 rings (SSSR count). The van der Waals surface area contributed by atoms with Crippen LogP contribution in [0.3, 0.4) is 0 Å². The number of hydrogen-bond acceptors (Lipinski definition) is 3. The SMILES string of the molecule is CC(N)Cc1c(N(C)C(C)C(C)C)nc2ccccn12. The van der Waals surface area contributed by atoms with E-state index < -0.39 is 0 Å². The summed E-state index contributed by atoms with van der Waals surface area (Å²) in [7, 11) is 2.12. The average molecular weight is 274 g/mol. The number of aromatic nitrogens is 2. The first-order valence-corrected chi connectivity index (χ1v) is 7.36. The maximum atomic E-state index is 6.02. The van der Waals surface area contributed by atoms with E-state index in [0.29, 0.717) is 12.0 Å². The smallest absolute Gasteiger partial charge is 0.151 e. The Labute approximate surface area is 121 Å². The van der Waals surface area contributed by atoms with Crippen molar-refractivity contribution in [2.45, 2.75) is 46.2 Å². The van der Waals surface area contributed by atoms with Gasteiger partial charge in [-0.2, -0.15) is 0 Å². The van der Waals surface area contributed by atoms with Crippen molar-refractivity contribution < 1.29 is 0 Å². The first-order chi connectivity index (χ1) is 9.41. The zero-order chi connectivity index (χ0) is 14.9. The van der Waals surface area contributed by atoms with Gasteiger partial charge in [0.15, 0.2) is 5.82 Å². The van der Waals surface area contributed by atoms with Crippen molar-refractivity contribution in [3.05, 3.63) is 30.1 Å². The first-order valence-electron chi connectivity index (χ1n) is 7.36. The Hall–Kier alpha value is -1.55. The van der Waals surface area contributed by atoms with Gasteiger partial charge in [-0.25, -0.2) is 4.98 Å². The summed E-state index contributed by atoms with van der Waals surface area (Å²) < 4.78 is 2.15. The van der Waals surface area contributed by atoms with Gasteiger partial charge in [-0.3, -0.25) is 0 Å². The molecule has 0 aliphatic carbocycles. The molecule has 4 heteroatoms. The molecule has 2 aromatic rings. The van der Waals surface area contributed by atoms with Crippen LogP contribution < -0.4 is 10.6 Å². The van der Waals surface area contributed by atoms with Gasteiger partial charge in [0.25, 0.3) is 0 Å². The van der Waals surface area contributed by atoms with E-state index in [-0.39, 0.29) is 6.04 Å². The molecule has 0 saturated carbocycles. The van der Waals surface area contributed by atoms with Gasteiger partial charge in [-0.05, 0) is 31.9 Å². The Morgan fingerprint density at radius 3 is 2.55 bits per heavy atom. The van der Waals surface area contributed by atoms with Crippen molar-refractivity contribution in [1.29, 1.82) is 0 Å². The monoisotopic (exact) mass is 274 g/mol. The lowest BCUT2D eigenvalue weighted by atomic mass is 10.0. The summed E-state index contributed by atoms with van der Waals surface area (Å²) in [6.45, 7) is 8.76. The van der Waals surface area contributed by atoms with Crippen LogP contribution in [0.4, 0.5) is 5.82 Å². The van der Waals surface area contributed by atoms with Gasteiger partial charge >= 0.3 is 0 Å². The molecule has 0 saturated heterocycles. The molecule has 2 unspecified atom stereocenters. The molecular formula is C16H26N4. The zero-order valence-corrected chi connectivity index (χ0v) is 13.2. The number of anilines is 1. The Bertz CT molecular complexity index is 571. The summed E-state index contributed by atoms with van der Waals surface area (Å²) in [5.74, 6) is 1.63. The minimum absolute atomic E-state index is 0.122. The number of rotatable bonds is 5. The van der Waals surface area contributed by atoms with Crippen LogP contribution in [0.5, 0.6) is 0 Å². The Morgan fingerprint density at radius 2 is 1.95 bits per heavy atom. The standard InChI is InChI=1S/C16H26N4/c1-11(2)13(4)19(5)16-14(10-12(3)17)20-9-7-6-8-15(20)18-16/h6-9,11-13H,10,17H2,1-5H3. The molecule has 2 N–H and O–H groups in total. The van der Waals surface area contributed by atoms with Gasteiger partial charge in [0.2, 0.25) is 0 Å². The lowest BCUT2D eigenvalue weighted by Gasteiger charge is -2.29. The topological polar surface area (TPSA) is 46.6 Å². The van der Waals surface area contributed by atoms with E-state index in [2.05, 4.69) is 43.3 Å². The quantitative estimate of drug-likeness (QED) is 0.912. The normalized spacial score (nSPS) is 14.8. The van der Waals surface area contributed by atoms with Crippen LogP contribution in [0.1, 0.15) is 33.4 Å². The van der Waals surface area contributed by atoms with Crippen molar-refractivity contribution in [1.82, 2.24) is 9.38 Å². The fraction of sp³-hybridized carbons (Fsp3) is 0.562. The summed E-state index contributed by atoms with van der Waals surface area (Å²) in [4.78, 5) is 7.08. The number of imidazole rings is 1. The second kappa shape index (κ2) is 5.83. The third-order valence-electron chi connectivity index (χ3n) is 4.03. The van der Waals surface area contributed by atoms with E-state index in [4.69, 9.17) is 10.7 Å². The highest BCUT2D eigenvalue weighted by molar-refractivity contribution is 5.56. The Morgan fingerprint density at radius 1 is 1.25 bits per heavy atom. The highest BCUT2D eigenvalue weighted by atomic mass is 15.2. The summed E-state index contributed by atoms with van der Waals surface area (Å²) in [6, 6.07) is 6.66. The molecule has 0 aromatic carbocycles. The fourth-order valence-corrected chi connectivity index (χ4v) is 2.45. The summed E-state index contributed by atoms with van der Waals surface area (Å²) in [5, 5.41) is 0. The third kappa shape index (κ3) is 2.80. The van der Waals surface area contributed by atoms with E-state index >= 15 is 0 Å². The summed E-state index contributed by atoms with van der Waals surface area (Å²) >= 11 is 0. The molecule has 20 heavy (non-hydrogen) atoms. The maximum absolute atomic E-state index is 6.02. The largest absolute Gasteiger partial charge is 0.355 e. The van der Waals surface area contributed by atoms with E-state index in [9.17, 15) is 0 Å². The van der Waals surface area contributed by atoms with E-state index in [1.165, 1.54) is 5.69 Å². The molecule has 2 aromatic heterocycles. The molecule has 0 fully saturated rings. The van der Waals surface area contributed by atoms with Crippen LogP contribution in [-0.4, -0.2) is 28.5 Å². The highest BCUT2D eigenvalue weighted by Crippen LogP contribution is 2.25. The van der Waals surface area contributed by atoms with Gasteiger partial charge in [0.1, 0.15) is 5.65 Å². The third-order valence-corrected chi connectivity index (χ3v) is 4.03. The molecule has 0 aliphatic heterocycles. The van der Waals surface area contributed by atoms with Gasteiger partial charge in [-0.15, -0.1) is 0 Å². The van der Waals surface area contributed by atoms with Gasteiger partial charge in [0.05, 0.1) is 5.69 Å². The van der Waals surface area contributed by atoms with Crippen molar-refractivity contribution in [3.63, 3.8) is 0 Å². The van der Waals surface area contributed by atoms with Crippen molar-refractivity contribution in [3.8, 4) is 0 Å². The molecule has 0 aliphatic rings. The molecule has 2 heterocycles. The number of nitrogens with zero attached hydrogens (tertiary/aromatic N) is 3. The lowest BCUT2D eigenvalue weighted by molar-refractivity contribution is 0.501. The predicted octanol–water partition coefficient (Wildman–Crippen LogP) is 2.70. The van der Waals surface area contributed by atoms with E-state index in [1.807, 2.05) is 25.1 Å². The molecule has 0 radical (unpaired) electrons. The van der Waals surface area contributed by atoms with Crippen molar-refractivity contribution >= 4 is 11.5 Å². The second-order valence-electron chi connectivity index (χ2n) is 6.09. The van der Waals surface area contributed by atoms with Crippen LogP contribution in [0.25, 0.3) is 5.65 Å². The second-order valence-corrected chi connectivity index (χ2v) is 6.09. The molecule has 0 amide bonds. The summed E-state index contributed by atoms with van der Waals surface area (Å²) in [5.41, 5.74) is 8.21. The molecule has 2 atom stereocenters. The molecular weight excluding hydrogens is 248 g/mol. The van der Waals surface area contributed by atoms with Crippen molar-refractivity contribution in [2.75, 3.05) is 11.9 Å². The molecule has 0 spiro atoms. The van der Waals surface area contributed by atoms with E-state index in [1.54, 1.807) is 0 Å². The molecule has 0 bridgehead atoms. The maximum Gasteiger partial charge on any atom is 0.151 e. The highest BCUT2D eigenvalue weighted by Gasteiger charge is 2.21. The van der Waals surface area contributed by atoms with Crippen LogP contribution in [0.2, 0.25) is 0 Å². The summed E-state index contributed by atoms with van der Waals surface area (Å²) in [6.07, 6.45) is 2.90. The lowest BCUT2D eigenvalue weighted by Crippen LogP contribution is -2.34. The molecule has 4 nitrogen and oxygen atoms in total. The average Bonchev–Trinajstić information content (AvgIpc) is 2.75. The molecule has 110 valence electrons. The Balaban J connectivity index is 2.50. The number of nitrogens with two attached hydrogens (primary N) is 1. The fourth-order valence-electron chi connectivity index (χ4n) is 2.45. The van der Waals surface area contributed by atoms with Gasteiger partial charge in [-0.1, -0.05) is 19.9 Å². The van der Waals surface area contributed by atoms with Crippen LogP contribution in [0, 0.1) is 5.92 Å². The number of hydrogen-bond donors (Lipinski definition) is 1. The first kappa shape index (κ1) is 14.9. The minimum atomic E-state index is 0.122. The minimum Gasteiger partial charge on any atom is -0.355 e. The number of fused-ring (bicyclic) bond motifs is 1. The van der Waals surface area contributed by atoms with Gasteiger partial charge in [0, 0.05) is 31.7 Å². The number of pyridine rings is 1. The van der Waals surface area contributed by atoms with E-state index in [0.717, 1.165) is 17.9 Å². The van der Waals surface area contributed by atoms with Crippen LogP contribution in [0.15, 0.2) is 24.4 Å². The zero-order valence-electron chi connectivity index (χ0n) is 13.2. The predicted molar refractivity (Wildman–Crippen MR) is 85.2 cm³/mol.